The number of hydrogen-bond donors (Lipinski definition) is 1. The molecule has 1 aliphatic rings. The van der Waals surface area contributed by atoms with E-state index in [0.717, 1.165) is 36.2 Å². The quantitative estimate of drug-likeness (QED) is 0.748. The third-order valence-electron chi connectivity index (χ3n) is 4.96. The van der Waals surface area contributed by atoms with Crippen LogP contribution in [0.1, 0.15) is 29.7 Å². The largest absolute Gasteiger partial charge is 0.484 e. The first-order valence-electron chi connectivity index (χ1n) is 9.91. The van der Waals surface area contributed by atoms with Crippen molar-refractivity contribution in [2.45, 2.75) is 25.6 Å². The third-order valence-corrected chi connectivity index (χ3v) is 4.96. The summed E-state index contributed by atoms with van der Waals surface area (Å²) in [5.41, 5.74) is 1.47. The second-order valence-electron chi connectivity index (χ2n) is 7.03. The SMILES string of the molecule is CCOC(=O)NCCN1CCc2ccccc2C(Oc2ccc(C(F)(F)F)cc2)C1. The van der Waals surface area contributed by atoms with Crippen LogP contribution in [0.4, 0.5) is 18.0 Å². The third kappa shape index (κ3) is 5.89. The summed E-state index contributed by atoms with van der Waals surface area (Å²) in [6, 6.07) is 12.7. The lowest BCUT2D eigenvalue weighted by atomic mass is 10.0. The highest BCUT2D eigenvalue weighted by Gasteiger charge is 2.30. The Kier molecular flexibility index (Phi) is 7.20. The van der Waals surface area contributed by atoms with Crippen LogP contribution in [0, 0.1) is 0 Å². The number of nitrogens with one attached hydrogen (secondary N) is 1. The standard InChI is InChI=1S/C22H25F3N2O3/c1-2-29-21(28)26-12-14-27-13-11-16-5-3-4-6-19(16)20(15-27)30-18-9-7-17(8-10-18)22(23,24)25/h3-10,20H,2,11-15H2,1H3,(H,26,28). The predicted molar refractivity (Wildman–Crippen MR) is 106 cm³/mol. The van der Waals surface area contributed by atoms with Gasteiger partial charge in [0.1, 0.15) is 11.9 Å². The van der Waals surface area contributed by atoms with Crippen LogP contribution < -0.4 is 10.1 Å². The smallest absolute Gasteiger partial charge is 0.416 e. The summed E-state index contributed by atoms with van der Waals surface area (Å²) in [4.78, 5) is 13.6. The number of rotatable bonds is 6. The Labute approximate surface area is 173 Å². The molecule has 0 aromatic heterocycles. The van der Waals surface area contributed by atoms with Crippen molar-refractivity contribution in [1.82, 2.24) is 10.2 Å². The Morgan fingerprint density at radius 1 is 1.17 bits per heavy atom. The van der Waals surface area contributed by atoms with E-state index in [1.165, 1.54) is 12.1 Å². The second-order valence-corrected chi connectivity index (χ2v) is 7.03. The molecule has 1 atom stereocenters. The molecule has 3 rings (SSSR count). The molecule has 0 bridgehead atoms. The van der Waals surface area contributed by atoms with E-state index in [-0.39, 0.29) is 6.10 Å². The van der Waals surface area contributed by atoms with Gasteiger partial charge >= 0.3 is 12.3 Å². The topological polar surface area (TPSA) is 50.8 Å². The number of nitrogens with zero attached hydrogens (tertiary/aromatic N) is 1. The number of fused-ring (bicyclic) bond motifs is 1. The Balaban J connectivity index is 1.70. The van der Waals surface area contributed by atoms with Crippen molar-refractivity contribution in [3.05, 3.63) is 65.2 Å². The molecule has 1 heterocycles. The molecule has 5 nitrogen and oxygen atoms in total. The summed E-state index contributed by atoms with van der Waals surface area (Å²) < 4.78 is 49.4. The van der Waals surface area contributed by atoms with Crippen molar-refractivity contribution >= 4 is 6.09 Å². The maximum absolute atomic E-state index is 12.8. The number of alkyl carbamates (subject to hydrolysis) is 1. The molecule has 0 saturated carbocycles. The fourth-order valence-corrected chi connectivity index (χ4v) is 3.47. The van der Waals surface area contributed by atoms with E-state index in [1.807, 2.05) is 24.3 Å². The van der Waals surface area contributed by atoms with Crippen molar-refractivity contribution in [1.29, 1.82) is 0 Å². The minimum atomic E-state index is -4.38. The molecule has 8 heteroatoms. The van der Waals surface area contributed by atoms with E-state index < -0.39 is 17.8 Å². The number of carbonyl (C=O) groups is 1. The fourth-order valence-electron chi connectivity index (χ4n) is 3.47. The minimum absolute atomic E-state index is 0.313. The highest BCUT2D eigenvalue weighted by Crippen LogP contribution is 2.32. The maximum atomic E-state index is 12.8. The van der Waals surface area contributed by atoms with Crippen molar-refractivity contribution < 1.29 is 27.4 Å². The first-order chi connectivity index (χ1) is 14.4. The Morgan fingerprint density at radius 2 is 1.90 bits per heavy atom. The van der Waals surface area contributed by atoms with Gasteiger partial charge in [-0.2, -0.15) is 13.2 Å². The van der Waals surface area contributed by atoms with Crippen LogP contribution in [0.5, 0.6) is 5.75 Å². The molecule has 1 aliphatic heterocycles. The van der Waals surface area contributed by atoms with Crippen LogP contribution in [0.15, 0.2) is 48.5 Å². The molecule has 1 unspecified atom stereocenters. The lowest BCUT2D eigenvalue weighted by Gasteiger charge is -2.26. The number of benzene rings is 2. The zero-order valence-electron chi connectivity index (χ0n) is 16.7. The van der Waals surface area contributed by atoms with Gasteiger partial charge in [0.25, 0.3) is 0 Å². The molecular weight excluding hydrogens is 397 g/mol. The summed E-state index contributed by atoms with van der Waals surface area (Å²) in [6.07, 6.45) is -4.34. The summed E-state index contributed by atoms with van der Waals surface area (Å²) >= 11 is 0. The monoisotopic (exact) mass is 422 g/mol. The second kappa shape index (κ2) is 9.84. The highest BCUT2D eigenvalue weighted by molar-refractivity contribution is 5.66. The van der Waals surface area contributed by atoms with E-state index in [4.69, 9.17) is 9.47 Å². The summed E-state index contributed by atoms with van der Waals surface area (Å²) in [6.45, 7) is 4.45. The van der Waals surface area contributed by atoms with Crippen LogP contribution in [0.2, 0.25) is 0 Å². The normalized spacial score (nSPS) is 17.0. The molecule has 0 fully saturated rings. The van der Waals surface area contributed by atoms with Crippen molar-refractivity contribution in [3.63, 3.8) is 0 Å². The maximum Gasteiger partial charge on any atom is 0.416 e. The molecule has 0 spiro atoms. The van der Waals surface area contributed by atoms with Gasteiger partial charge in [-0.15, -0.1) is 0 Å². The molecule has 162 valence electrons. The Hall–Kier alpha value is -2.74. The molecule has 0 saturated heterocycles. The molecule has 1 N–H and O–H groups in total. The van der Waals surface area contributed by atoms with Gasteiger partial charge in [-0.25, -0.2) is 4.79 Å². The summed E-state index contributed by atoms with van der Waals surface area (Å²) in [5, 5.41) is 2.71. The van der Waals surface area contributed by atoms with E-state index in [1.54, 1.807) is 6.92 Å². The van der Waals surface area contributed by atoms with Crippen LogP contribution in [-0.2, 0) is 17.3 Å². The predicted octanol–water partition coefficient (Wildman–Crippen LogP) is 4.43. The first-order valence-corrected chi connectivity index (χ1v) is 9.91. The average Bonchev–Trinajstić information content (AvgIpc) is 2.88. The van der Waals surface area contributed by atoms with Crippen LogP contribution in [0.3, 0.4) is 0 Å². The number of halogens is 3. The summed E-state index contributed by atoms with van der Waals surface area (Å²) in [5.74, 6) is 0.384. The number of amides is 1. The number of alkyl halides is 3. The first kappa shape index (κ1) is 22.0. The summed E-state index contributed by atoms with van der Waals surface area (Å²) in [7, 11) is 0. The zero-order chi connectivity index (χ0) is 21.6. The number of hydrogen-bond acceptors (Lipinski definition) is 4. The van der Waals surface area contributed by atoms with E-state index in [0.29, 0.717) is 32.0 Å². The zero-order valence-corrected chi connectivity index (χ0v) is 16.7. The highest BCUT2D eigenvalue weighted by atomic mass is 19.4. The molecule has 30 heavy (non-hydrogen) atoms. The molecule has 1 amide bonds. The number of carbonyl (C=O) groups excluding carboxylic acids is 1. The van der Waals surface area contributed by atoms with Crippen LogP contribution in [0.25, 0.3) is 0 Å². The average molecular weight is 422 g/mol. The van der Waals surface area contributed by atoms with E-state index in [9.17, 15) is 18.0 Å². The lowest BCUT2D eigenvalue weighted by molar-refractivity contribution is -0.137. The van der Waals surface area contributed by atoms with Gasteiger partial charge in [0.05, 0.1) is 12.2 Å². The van der Waals surface area contributed by atoms with Gasteiger partial charge in [0.15, 0.2) is 0 Å². The van der Waals surface area contributed by atoms with Crippen LogP contribution >= 0.6 is 0 Å². The van der Waals surface area contributed by atoms with Crippen molar-refractivity contribution in [2.75, 3.05) is 32.8 Å². The minimum Gasteiger partial charge on any atom is -0.484 e. The van der Waals surface area contributed by atoms with E-state index in [2.05, 4.69) is 10.2 Å². The van der Waals surface area contributed by atoms with Gasteiger partial charge in [0, 0.05) is 26.2 Å². The molecular formula is C22H25F3N2O3. The van der Waals surface area contributed by atoms with Gasteiger partial charge in [-0.1, -0.05) is 24.3 Å². The lowest BCUT2D eigenvalue weighted by Crippen LogP contribution is -2.38. The van der Waals surface area contributed by atoms with Gasteiger partial charge < -0.3 is 14.8 Å². The van der Waals surface area contributed by atoms with Gasteiger partial charge in [0.2, 0.25) is 0 Å². The molecule has 0 aliphatic carbocycles. The number of ether oxygens (including phenoxy) is 2. The van der Waals surface area contributed by atoms with Gasteiger partial charge in [-0.05, 0) is 48.7 Å². The van der Waals surface area contributed by atoms with E-state index >= 15 is 0 Å². The molecule has 2 aromatic carbocycles. The Morgan fingerprint density at radius 3 is 2.60 bits per heavy atom. The van der Waals surface area contributed by atoms with Crippen molar-refractivity contribution in [3.8, 4) is 5.75 Å². The van der Waals surface area contributed by atoms with Crippen LogP contribution in [-0.4, -0.2) is 43.8 Å². The van der Waals surface area contributed by atoms with Crippen molar-refractivity contribution in [2.24, 2.45) is 0 Å². The fraction of sp³-hybridized carbons (Fsp3) is 0.409. The van der Waals surface area contributed by atoms with Gasteiger partial charge in [-0.3, -0.25) is 4.90 Å². The molecule has 0 radical (unpaired) electrons. The Bertz CT molecular complexity index is 840. The molecule has 2 aromatic rings.